The van der Waals surface area contributed by atoms with Crippen molar-refractivity contribution < 1.29 is 4.79 Å². The quantitative estimate of drug-likeness (QED) is 0.916. The van der Waals surface area contributed by atoms with Crippen LogP contribution in [0.25, 0.3) is 0 Å². The molecule has 0 spiro atoms. The maximum absolute atomic E-state index is 12.8. The summed E-state index contributed by atoms with van der Waals surface area (Å²) < 4.78 is 0. The first-order valence-corrected chi connectivity index (χ1v) is 7.19. The van der Waals surface area contributed by atoms with Crippen LogP contribution >= 0.6 is 0 Å². The second-order valence-electron chi connectivity index (χ2n) is 5.36. The summed E-state index contributed by atoms with van der Waals surface area (Å²) in [4.78, 5) is 14.5. The van der Waals surface area contributed by atoms with Crippen LogP contribution in [0, 0.1) is 11.3 Å². The Bertz CT molecular complexity index is 531. The predicted molar refractivity (Wildman–Crippen MR) is 79.7 cm³/mol. The van der Waals surface area contributed by atoms with Crippen molar-refractivity contribution >= 4 is 11.6 Å². The molecular formula is C16H21N3O. The monoisotopic (exact) mass is 271 g/mol. The lowest BCUT2D eigenvalue weighted by Gasteiger charge is -2.28. The van der Waals surface area contributed by atoms with Crippen LogP contribution in [0.1, 0.15) is 42.6 Å². The van der Waals surface area contributed by atoms with E-state index in [0.717, 1.165) is 36.2 Å². The average molecular weight is 271 g/mol. The molecule has 0 saturated carbocycles. The molecule has 1 aromatic rings. The molecule has 0 atom stereocenters. The number of benzene rings is 1. The Labute approximate surface area is 120 Å². The maximum atomic E-state index is 12.8. The number of carbonyl (C=O) groups excluding carboxylic acids is 1. The van der Waals surface area contributed by atoms with Gasteiger partial charge in [0.05, 0.1) is 12.5 Å². The maximum Gasteiger partial charge on any atom is 0.254 e. The molecule has 1 amide bonds. The summed E-state index contributed by atoms with van der Waals surface area (Å²) in [6.07, 6.45) is 2.36. The Balaban J connectivity index is 2.30. The highest BCUT2D eigenvalue weighted by molar-refractivity contribution is 5.97. The molecule has 0 bridgehead atoms. The molecule has 0 aliphatic carbocycles. The zero-order valence-corrected chi connectivity index (χ0v) is 12.1. The van der Waals surface area contributed by atoms with Gasteiger partial charge in [0.1, 0.15) is 0 Å². The SMILES string of the molecule is CC(C)N(CCC#N)C(=O)c1cccc2c1CCCN2. The molecule has 1 aliphatic rings. The zero-order valence-electron chi connectivity index (χ0n) is 12.1. The minimum Gasteiger partial charge on any atom is -0.385 e. The standard InChI is InChI=1S/C16H21N3O/c1-12(2)19(11-5-9-17)16(20)14-6-3-8-15-13(14)7-4-10-18-15/h3,6,8,12,18H,4-5,7,10-11H2,1-2H3. The van der Waals surface area contributed by atoms with Gasteiger partial charge in [-0.1, -0.05) is 6.07 Å². The number of hydrogen-bond donors (Lipinski definition) is 1. The fraction of sp³-hybridized carbons (Fsp3) is 0.500. The molecule has 0 fully saturated rings. The molecule has 1 aliphatic heterocycles. The highest BCUT2D eigenvalue weighted by Crippen LogP contribution is 2.26. The van der Waals surface area contributed by atoms with Gasteiger partial charge in [0.25, 0.3) is 5.91 Å². The van der Waals surface area contributed by atoms with Gasteiger partial charge < -0.3 is 10.2 Å². The number of amides is 1. The Hall–Kier alpha value is -2.02. The third-order valence-corrected chi connectivity index (χ3v) is 3.67. The van der Waals surface area contributed by atoms with Gasteiger partial charge in [0, 0.05) is 30.4 Å². The summed E-state index contributed by atoms with van der Waals surface area (Å²) >= 11 is 0. The molecule has 4 nitrogen and oxygen atoms in total. The van der Waals surface area contributed by atoms with E-state index >= 15 is 0 Å². The molecule has 1 heterocycles. The zero-order chi connectivity index (χ0) is 14.5. The van der Waals surface area contributed by atoms with Crippen molar-refractivity contribution in [2.24, 2.45) is 0 Å². The van der Waals surface area contributed by atoms with Crippen molar-refractivity contribution in [2.45, 2.75) is 39.2 Å². The molecule has 1 N–H and O–H groups in total. The van der Waals surface area contributed by atoms with E-state index in [4.69, 9.17) is 5.26 Å². The van der Waals surface area contributed by atoms with Crippen LogP contribution in [0.3, 0.4) is 0 Å². The van der Waals surface area contributed by atoms with Gasteiger partial charge >= 0.3 is 0 Å². The molecule has 0 aromatic heterocycles. The molecule has 1 aromatic carbocycles. The minimum absolute atomic E-state index is 0.0378. The van der Waals surface area contributed by atoms with Gasteiger partial charge in [-0.2, -0.15) is 5.26 Å². The van der Waals surface area contributed by atoms with Gasteiger partial charge in [-0.05, 0) is 44.4 Å². The molecule has 106 valence electrons. The number of nitriles is 1. The van der Waals surface area contributed by atoms with Crippen molar-refractivity contribution in [2.75, 3.05) is 18.4 Å². The molecule has 0 radical (unpaired) electrons. The number of nitrogens with zero attached hydrogens (tertiary/aromatic N) is 2. The summed E-state index contributed by atoms with van der Waals surface area (Å²) in [5, 5.41) is 12.1. The van der Waals surface area contributed by atoms with E-state index in [9.17, 15) is 4.79 Å². The molecule has 0 saturated heterocycles. The van der Waals surface area contributed by atoms with E-state index < -0.39 is 0 Å². The van der Waals surface area contributed by atoms with Crippen molar-refractivity contribution in [3.05, 3.63) is 29.3 Å². The van der Waals surface area contributed by atoms with Crippen LogP contribution in [-0.4, -0.2) is 29.9 Å². The summed E-state index contributed by atoms with van der Waals surface area (Å²) in [6.45, 7) is 5.43. The van der Waals surface area contributed by atoms with E-state index in [1.54, 1.807) is 4.90 Å². The lowest BCUT2D eigenvalue weighted by Crippen LogP contribution is -2.38. The van der Waals surface area contributed by atoms with E-state index in [0.29, 0.717) is 13.0 Å². The Morgan fingerprint density at radius 3 is 3.00 bits per heavy atom. The van der Waals surface area contributed by atoms with E-state index in [-0.39, 0.29) is 11.9 Å². The van der Waals surface area contributed by atoms with Crippen LogP contribution in [-0.2, 0) is 6.42 Å². The van der Waals surface area contributed by atoms with Crippen molar-refractivity contribution in [3.8, 4) is 6.07 Å². The second kappa shape index (κ2) is 6.42. The van der Waals surface area contributed by atoms with Crippen LogP contribution in [0.15, 0.2) is 18.2 Å². The van der Waals surface area contributed by atoms with Crippen LogP contribution < -0.4 is 5.32 Å². The van der Waals surface area contributed by atoms with Crippen molar-refractivity contribution in [1.29, 1.82) is 5.26 Å². The van der Waals surface area contributed by atoms with Crippen LogP contribution in [0.4, 0.5) is 5.69 Å². The van der Waals surface area contributed by atoms with E-state index in [1.807, 2.05) is 32.0 Å². The molecule has 2 rings (SSSR count). The molecule has 4 heteroatoms. The van der Waals surface area contributed by atoms with E-state index in [2.05, 4.69) is 11.4 Å². The summed E-state index contributed by atoms with van der Waals surface area (Å²) in [5.74, 6) is 0.0378. The third-order valence-electron chi connectivity index (χ3n) is 3.67. The second-order valence-corrected chi connectivity index (χ2v) is 5.36. The van der Waals surface area contributed by atoms with Gasteiger partial charge in [-0.3, -0.25) is 4.79 Å². The Morgan fingerprint density at radius 1 is 1.50 bits per heavy atom. The number of rotatable bonds is 4. The largest absolute Gasteiger partial charge is 0.385 e. The lowest BCUT2D eigenvalue weighted by molar-refractivity contribution is 0.0709. The van der Waals surface area contributed by atoms with Gasteiger partial charge in [-0.15, -0.1) is 0 Å². The average Bonchev–Trinajstić information content (AvgIpc) is 2.46. The predicted octanol–water partition coefficient (Wildman–Crippen LogP) is 2.81. The topological polar surface area (TPSA) is 56.1 Å². The van der Waals surface area contributed by atoms with E-state index in [1.165, 1.54) is 0 Å². The normalized spacial score (nSPS) is 13.3. The molecule has 0 unspecified atom stereocenters. The highest BCUT2D eigenvalue weighted by Gasteiger charge is 2.23. The Morgan fingerprint density at radius 2 is 2.30 bits per heavy atom. The van der Waals surface area contributed by atoms with Gasteiger partial charge in [0.15, 0.2) is 0 Å². The Kier molecular flexibility index (Phi) is 4.62. The number of fused-ring (bicyclic) bond motifs is 1. The van der Waals surface area contributed by atoms with Crippen molar-refractivity contribution in [3.63, 3.8) is 0 Å². The van der Waals surface area contributed by atoms with Gasteiger partial charge in [0.2, 0.25) is 0 Å². The summed E-state index contributed by atoms with van der Waals surface area (Å²) in [5.41, 5.74) is 2.97. The molecule has 20 heavy (non-hydrogen) atoms. The van der Waals surface area contributed by atoms with Crippen LogP contribution in [0.5, 0.6) is 0 Å². The first-order chi connectivity index (χ1) is 9.65. The number of nitrogens with one attached hydrogen (secondary N) is 1. The molecular weight excluding hydrogens is 250 g/mol. The first-order valence-electron chi connectivity index (χ1n) is 7.19. The first kappa shape index (κ1) is 14.4. The fourth-order valence-corrected chi connectivity index (χ4v) is 2.63. The number of hydrogen-bond acceptors (Lipinski definition) is 3. The lowest BCUT2D eigenvalue weighted by atomic mass is 9.96. The fourth-order valence-electron chi connectivity index (χ4n) is 2.63. The minimum atomic E-state index is 0.0378. The van der Waals surface area contributed by atoms with Crippen molar-refractivity contribution in [1.82, 2.24) is 4.90 Å². The third kappa shape index (κ3) is 2.93. The number of anilines is 1. The van der Waals surface area contributed by atoms with Gasteiger partial charge in [-0.25, -0.2) is 0 Å². The smallest absolute Gasteiger partial charge is 0.254 e. The highest BCUT2D eigenvalue weighted by atomic mass is 16.2. The summed E-state index contributed by atoms with van der Waals surface area (Å²) in [6, 6.07) is 8.07. The number of carbonyl (C=O) groups is 1. The summed E-state index contributed by atoms with van der Waals surface area (Å²) in [7, 11) is 0. The van der Waals surface area contributed by atoms with Crippen LogP contribution in [0.2, 0.25) is 0 Å².